The Kier molecular flexibility index (Phi) is 6.49. The average Bonchev–Trinajstić information content (AvgIpc) is 2.38. The van der Waals surface area contributed by atoms with Gasteiger partial charge in [0.1, 0.15) is 10.6 Å². The second-order valence-corrected chi connectivity index (χ2v) is 8.05. The van der Waals surface area contributed by atoms with Gasteiger partial charge in [0, 0.05) is 16.2 Å². The van der Waals surface area contributed by atoms with Crippen LogP contribution in [0.1, 0.15) is 33.6 Å². The Labute approximate surface area is 135 Å². The van der Waals surface area contributed by atoms with Gasteiger partial charge >= 0.3 is 0 Å². The van der Waals surface area contributed by atoms with Gasteiger partial charge in [-0.1, -0.05) is 13.8 Å². The molecular weight excluding hydrogens is 356 g/mol. The highest BCUT2D eigenvalue weighted by atomic mass is 79.9. The Morgan fingerprint density at radius 2 is 1.90 bits per heavy atom. The predicted molar refractivity (Wildman–Crippen MR) is 89.0 cm³/mol. The highest BCUT2D eigenvalue weighted by Crippen LogP contribution is 2.32. The lowest BCUT2D eigenvalue weighted by Crippen LogP contribution is -2.33. The number of nitrogens with one attached hydrogen (secondary N) is 1. The molecule has 0 saturated heterocycles. The molecule has 1 aromatic carbocycles. The van der Waals surface area contributed by atoms with E-state index in [-0.39, 0.29) is 16.7 Å². The molecule has 0 aliphatic rings. The highest BCUT2D eigenvalue weighted by Gasteiger charge is 2.23. The van der Waals surface area contributed by atoms with Crippen molar-refractivity contribution in [2.24, 2.45) is 5.92 Å². The summed E-state index contributed by atoms with van der Waals surface area (Å²) in [4.78, 5) is 0.0575. The smallest absolute Gasteiger partial charge is 0.244 e. The molecule has 1 aromatic rings. The first-order chi connectivity index (χ1) is 9.67. The van der Waals surface area contributed by atoms with Crippen molar-refractivity contribution in [2.45, 2.75) is 44.6 Å². The molecule has 7 heteroatoms. The molecule has 0 aliphatic carbocycles. The minimum Gasteiger partial charge on any atom is -0.495 e. The molecule has 0 aliphatic heterocycles. The molecule has 0 heterocycles. The van der Waals surface area contributed by atoms with Crippen LogP contribution in [-0.4, -0.2) is 21.6 Å². The number of methoxy groups -OCH3 is 1. The van der Waals surface area contributed by atoms with Crippen LogP contribution in [0, 0.1) is 5.92 Å². The maximum Gasteiger partial charge on any atom is 0.244 e. The first-order valence-corrected chi connectivity index (χ1v) is 9.10. The van der Waals surface area contributed by atoms with Gasteiger partial charge in [0.25, 0.3) is 0 Å². The first-order valence-electron chi connectivity index (χ1n) is 6.82. The van der Waals surface area contributed by atoms with E-state index in [2.05, 4.69) is 34.5 Å². The number of sulfonamides is 1. The number of nitrogens with two attached hydrogens (primary N) is 1. The minimum absolute atomic E-state index is 0.0575. The van der Waals surface area contributed by atoms with Crippen molar-refractivity contribution < 1.29 is 13.2 Å². The lowest BCUT2D eigenvalue weighted by molar-refractivity contribution is 0.401. The summed E-state index contributed by atoms with van der Waals surface area (Å²) >= 11 is 3.26. The van der Waals surface area contributed by atoms with Gasteiger partial charge in [-0.05, 0) is 53.7 Å². The van der Waals surface area contributed by atoms with Gasteiger partial charge in [-0.2, -0.15) is 0 Å². The van der Waals surface area contributed by atoms with Gasteiger partial charge < -0.3 is 10.5 Å². The fourth-order valence-corrected chi connectivity index (χ4v) is 3.68. The standard InChI is InChI=1S/C14H23BrN2O3S/c1-9(2)5-6-10(3)17-21(18,19)14-8-12(16)11(15)7-13(14)20-4/h7-10,17H,5-6,16H2,1-4H3. The monoisotopic (exact) mass is 378 g/mol. The maximum atomic E-state index is 12.5. The summed E-state index contributed by atoms with van der Waals surface area (Å²) in [6.07, 6.45) is 1.74. The molecular formula is C14H23BrN2O3S. The van der Waals surface area contributed by atoms with Gasteiger partial charge in [-0.25, -0.2) is 13.1 Å². The number of ether oxygens (including phenoxy) is 1. The van der Waals surface area contributed by atoms with Gasteiger partial charge in [-0.3, -0.25) is 0 Å². The molecule has 1 atom stereocenters. The van der Waals surface area contributed by atoms with Gasteiger partial charge in [0.2, 0.25) is 10.0 Å². The number of rotatable bonds is 7. The fourth-order valence-electron chi connectivity index (χ4n) is 1.89. The lowest BCUT2D eigenvalue weighted by Gasteiger charge is -2.17. The van der Waals surface area contributed by atoms with Crippen LogP contribution in [0.4, 0.5) is 5.69 Å². The molecule has 0 spiro atoms. The third-order valence-electron chi connectivity index (χ3n) is 3.11. The van der Waals surface area contributed by atoms with E-state index in [0.29, 0.717) is 16.1 Å². The molecule has 1 unspecified atom stereocenters. The van der Waals surface area contributed by atoms with Crippen LogP contribution in [0.5, 0.6) is 5.75 Å². The van der Waals surface area contributed by atoms with Crippen molar-refractivity contribution in [3.63, 3.8) is 0 Å². The molecule has 0 fully saturated rings. The largest absolute Gasteiger partial charge is 0.495 e. The Hall–Kier alpha value is -0.790. The lowest BCUT2D eigenvalue weighted by atomic mass is 10.1. The summed E-state index contributed by atoms with van der Waals surface area (Å²) in [5.41, 5.74) is 6.13. The van der Waals surface area contributed by atoms with Crippen LogP contribution < -0.4 is 15.2 Å². The van der Waals surface area contributed by atoms with E-state index in [1.165, 1.54) is 13.2 Å². The summed E-state index contributed by atoms with van der Waals surface area (Å²) in [7, 11) is -2.24. The van der Waals surface area contributed by atoms with Crippen LogP contribution >= 0.6 is 15.9 Å². The first kappa shape index (κ1) is 18.3. The third-order valence-corrected chi connectivity index (χ3v) is 5.40. The molecule has 0 bridgehead atoms. The molecule has 120 valence electrons. The highest BCUT2D eigenvalue weighted by molar-refractivity contribution is 9.10. The van der Waals surface area contributed by atoms with Crippen LogP contribution in [0.2, 0.25) is 0 Å². The van der Waals surface area contributed by atoms with Crippen molar-refractivity contribution in [2.75, 3.05) is 12.8 Å². The molecule has 21 heavy (non-hydrogen) atoms. The fraction of sp³-hybridized carbons (Fsp3) is 0.571. The van der Waals surface area contributed by atoms with Crippen molar-refractivity contribution in [1.29, 1.82) is 0 Å². The van der Waals surface area contributed by atoms with Crippen molar-refractivity contribution in [3.8, 4) is 5.75 Å². The Bertz CT molecular complexity index is 588. The van der Waals surface area contributed by atoms with Crippen LogP contribution in [-0.2, 0) is 10.0 Å². The summed E-state index contributed by atoms with van der Waals surface area (Å²) in [5, 5.41) is 0. The van der Waals surface area contributed by atoms with Gasteiger partial charge in [0.15, 0.2) is 0 Å². The van der Waals surface area contributed by atoms with Crippen LogP contribution in [0.15, 0.2) is 21.5 Å². The molecule has 3 N–H and O–H groups in total. The predicted octanol–water partition coefficient (Wildman–Crippen LogP) is 3.14. The Balaban J connectivity index is 3.00. The SMILES string of the molecule is COc1cc(Br)c(N)cc1S(=O)(=O)NC(C)CCC(C)C. The number of hydrogen-bond acceptors (Lipinski definition) is 4. The molecule has 1 rings (SSSR count). The quantitative estimate of drug-likeness (QED) is 0.713. The molecule has 0 aromatic heterocycles. The van der Waals surface area contributed by atoms with E-state index in [1.807, 2.05) is 6.92 Å². The molecule has 0 radical (unpaired) electrons. The van der Waals surface area contributed by atoms with E-state index in [9.17, 15) is 8.42 Å². The summed E-state index contributed by atoms with van der Waals surface area (Å²) < 4.78 is 33.4. The Morgan fingerprint density at radius 1 is 1.29 bits per heavy atom. The number of benzene rings is 1. The zero-order valence-electron chi connectivity index (χ0n) is 12.8. The number of nitrogen functional groups attached to an aromatic ring is 1. The van der Waals surface area contributed by atoms with Crippen LogP contribution in [0.25, 0.3) is 0 Å². The topological polar surface area (TPSA) is 81.4 Å². The zero-order chi connectivity index (χ0) is 16.2. The second-order valence-electron chi connectivity index (χ2n) is 5.52. The number of hydrogen-bond donors (Lipinski definition) is 2. The van der Waals surface area contributed by atoms with E-state index in [1.54, 1.807) is 6.07 Å². The third kappa shape index (κ3) is 5.16. The van der Waals surface area contributed by atoms with Gasteiger partial charge in [-0.15, -0.1) is 0 Å². The summed E-state index contributed by atoms with van der Waals surface area (Å²) in [6.45, 7) is 6.08. The van der Waals surface area contributed by atoms with Crippen molar-refractivity contribution in [3.05, 3.63) is 16.6 Å². The van der Waals surface area contributed by atoms with Crippen molar-refractivity contribution in [1.82, 2.24) is 4.72 Å². The molecule has 5 nitrogen and oxygen atoms in total. The molecule has 0 saturated carbocycles. The van der Waals surface area contributed by atoms with Crippen LogP contribution in [0.3, 0.4) is 0 Å². The van der Waals surface area contributed by atoms with E-state index < -0.39 is 10.0 Å². The summed E-state index contributed by atoms with van der Waals surface area (Å²) in [5.74, 6) is 0.800. The van der Waals surface area contributed by atoms with Gasteiger partial charge in [0.05, 0.1) is 7.11 Å². The molecule has 0 amide bonds. The maximum absolute atomic E-state index is 12.5. The average molecular weight is 379 g/mol. The normalized spacial score (nSPS) is 13.4. The minimum atomic E-state index is -3.67. The van der Waals surface area contributed by atoms with E-state index >= 15 is 0 Å². The van der Waals surface area contributed by atoms with E-state index in [0.717, 1.165) is 12.8 Å². The summed E-state index contributed by atoms with van der Waals surface area (Å²) in [6, 6.07) is 2.82. The van der Waals surface area contributed by atoms with E-state index in [4.69, 9.17) is 10.5 Å². The second kappa shape index (κ2) is 7.47. The Morgan fingerprint density at radius 3 is 2.43 bits per heavy atom. The number of anilines is 1. The number of halogens is 1. The zero-order valence-corrected chi connectivity index (χ0v) is 15.2. The van der Waals surface area contributed by atoms with Crippen molar-refractivity contribution >= 4 is 31.6 Å².